The van der Waals surface area contributed by atoms with E-state index in [9.17, 15) is 13.5 Å². The second-order valence-electron chi connectivity index (χ2n) is 4.37. The second-order valence-corrected chi connectivity index (χ2v) is 6.53. The van der Waals surface area contributed by atoms with Crippen LogP contribution >= 0.6 is 0 Å². The number of hydrogen-bond acceptors (Lipinski definition) is 3. The first-order chi connectivity index (χ1) is 6.12. The number of aliphatic hydroxyl groups is 1. The van der Waals surface area contributed by atoms with Gasteiger partial charge in [-0.15, -0.1) is 0 Å². The summed E-state index contributed by atoms with van der Waals surface area (Å²) in [5.41, 5.74) is 0. The molecule has 1 N–H and O–H groups in total. The van der Waals surface area contributed by atoms with Gasteiger partial charge < -0.3 is 5.11 Å². The first-order valence-electron chi connectivity index (χ1n) is 4.93. The van der Waals surface area contributed by atoms with Crippen molar-refractivity contribution in [2.24, 2.45) is 17.8 Å². The summed E-state index contributed by atoms with van der Waals surface area (Å²) in [4.78, 5) is 0. The SMILES string of the molecule is O=S1(=O)CC2CCCC(C1)C2CO. The molecule has 3 nitrogen and oxygen atoms in total. The fourth-order valence-corrected chi connectivity index (χ4v) is 5.16. The molecule has 2 fully saturated rings. The highest BCUT2D eigenvalue weighted by Gasteiger charge is 2.41. The van der Waals surface area contributed by atoms with Gasteiger partial charge in [0.1, 0.15) is 0 Å². The number of aliphatic hydroxyl groups excluding tert-OH is 1. The van der Waals surface area contributed by atoms with E-state index in [1.807, 2.05) is 0 Å². The molecule has 0 aromatic carbocycles. The normalized spacial score (nSPS) is 43.0. The number of hydrogen-bond donors (Lipinski definition) is 1. The van der Waals surface area contributed by atoms with Crippen LogP contribution < -0.4 is 0 Å². The Bertz CT molecular complexity index is 263. The summed E-state index contributed by atoms with van der Waals surface area (Å²) in [6.45, 7) is 0.171. The summed E-state index contributed by atoms with van der Waals surface area (Å²) in [7, 11) is -2.80. The van der Waals surface area contributed by atoms with Crippen LogP contribution in [0.4, 0.5) is 0 Å². The average Bonchev–Trinajstić information content (AvgIpc) is 2.01. The first-order valence-corrected chi connectivity index (χ1v) is 6.76. The third kappa shape index (κ3) is 1.74. The predicted octanol–water partition coefficient (Wildman–Crippen LogP) is 0.440. The monoisotopic (exact) mass is 204 g/mol. The maximum Gasteiger partial charge on any atom is 0.150 e. The Morgan fingerprint density at radius 3 is 2.15 bits per heavy atom. The van der Waals surface area contributed by atoms with Gasteiger partial charge in [0.05, 0.1) is 11.5 Å². The maximum atomic E-state index is 11.4. The molecule has 0 radical (unpaired) electrons. The van der Waals surface area contributed by atoms with Gasteiger partial charge in [-0.25, -0.2) is 8.42 Å². The minimum atomic E-state index is -2.80. The summed E-state index contributed by atoms with van der Waals surface area (Å²) in [6.07, 6.45) is 3.11. The zero-order valence-electron chi connectivity index (χ0n) is 7.65. The third-order valence-electron chi connectivity index (χ3n) is 3.51. The van der Waals surface area contributed by atoms with Crippen LogP contribution in [-0.4, -0.2) is 31.6 Å². The highest BCUT2D eigenvalue weighted by molar-refractivity contribution is 7.91. The predicted molar refractivity (Wildman–Crippen MR) is 50.1 cm³/mol. The molecule has 1 saturated carbocycles. The zero-order chi connectivity index (χ0) is 9.47. The van der Waals surface area contributed by atoms with Gasteiger partial charge in [-0.3, -0.25) is 0 Å². The molecule has 2 unspecified atom stereocenters. The van der Waals surface area contributed by atoms with Gasteiger partial charge >= 0.3 is 0 Å². The van der Waals surface area contributed by atoms with Crippen molar-refractivity contribution in [1.29, 1.82) is 0 Å². The quantitative estimate of drug-likeness (QED) is 0.674. The van der Waals surface area contributed by atoms with E-state index >= 15 is 0 Å². The molecule has 2 atom stereocenters. The van der Waals surface area contributed by atoms with Gasteiger partial charge in [-0.1, -0.05) is 6.42 Å². The topological polar surface area (TPSA) is 54.4 Å². The van der Waals surface area contributed by atoms with E-state index in [1.54, 1.807) is 0 Å². The van der Waals surface area contributed by atoms with Crippen LogP contribution in [0.1, 0.15) is 19.3 Å². The largest absolute Gasteiger partial charge is 0.396 e. The first kappa shape index (κ1) is 9.46. The lowest BCUT2D eigenvalue weighted by Crippen LogP contribution is -2.44. The molecular weight excluding hydrogens is 188 g/mol. The van der Waals surface area contributed by atoms with E-state index in [-0.39, 0.29) is 24.4 Å². The second kappa shape index (κ2) is 3.24. The summed E-state index contributed by atoms with van der Waals surface area (Å²) >= 11 is 0. The standard InChI is InChI=1S/C9H16O3S/c10-4-9-7-2-1-3-8(9)6-13(11,12)5-7/h7-10H,1-6H2. The molecule has 0 aromatic heterocycles. The Morgan fingerprint density at radius 1 is 1.15 bits per heavy atom. The van der Waals surface area contributed by atoms with Gasteiger partial charge in [0.15, 0.2) is 9.84 Å². The van der Waals surface area contributed by atoms with E-state index in [4.69, 9.17) is 0 Å². The van der Waals surface area contributed by atoms with Gasteiger partial charge in [-0.2, -0.15) is 0 Å². The lowest BCUT2D eigenvalue weighted by molar-refractivity contribution is 0.0938. The minimum absolute atomic E-state index is 0.171. The molecule has 0 aromatic rings. The van der Waals surface area contributed by atoms with E-state index < -0.39 is 9.84 Å². The molecule has 1 aliphatic carbocycles. The van der Waals surface area contributed by atoms with Crippen molar-refractivity contribution in [1.82, 2.24) is 0 Å². The Hall–Kier alpha value is -0.0900. The van der Waals surface area contributed by atoms with Crippen molar-refractivity contribution in [2.75, 3.05) is 18.1 Å². The lowest BCUT2D eigenvalue weighted by Gasteiger charge is -2.41. The summed E-state index contributed by atoms with van der Waals surface area (Å²) in [6, 6.07) is 0. The Balaban J connectivity index is 2.21. The molecule has 76 valence electrons. The molecule has 13 heavy (non-hydrogen) atoms. The van der Waals surface area contributed by atoms with Crippen LogP contribution in [0.5, 0.6) is 0 Å². The molecule has 1 aliphatic heterocycles. The van der Waals surface area contributed by atoms with Gasteiger partial charge in [0.2, 0.25) is 0 Å². The minimum Gasteiger partial charge on any atom is -0.396 e. The van der Waals surface area contributed by atoms with Crippen molar-refractivity contribution in [3.8, 4) is 0 Å². The van der Waals surface area contributed by atoms with Crippen LogP contribution in [0, 0.1) is 17.8 Å². The van der Waals surface area contributed by atoms with Crippen molar-refractivity contribution in [2.45, 2.75) is 19.3 Å². The van der Waals surface area contributed by atoms with Crippen molar-refractivity contribution in [3.05, 3.63) is 0 Å². The number of rotatable bonds is 1. The van der Waals surface area contributed by atoms with E-state index in [0.29, 0.717) is 11.5 Å². The van der Waals surface area contributed by atoms with E-state index in [0.717, 1.165) is 19.3 Å². The molecule has 0 amide bonds. The van der Waals surface area contributed by atoms with Crippen LogP contribution in [0.25, 0.3) is 0 Å². The van der Waals surface area contributed by atoms with E-state index in [2.05, 4.69) is 0 Å². The lowest BCUT2D eigenvalue weighted by atomic mass is 9.73. The van der Waals surface area contributed by atoms with Crippen LogP contribution in [0.2, 0.25) is 0 Å². The Kier molecular flexibility index (Phi) is 2.36. The molecule has 2 aliphatic rings. The zero-order valence-corrected chi connectivity index (χ0v) is 8.46. The molecule has 2 rings (SSSR count). The summed E-state index contributed by atoms with van der Waals surface area (Å²) < 4.78 is 22.9. The highest BCUT2D eigenvalue weighted by Crippen LogP contribution is 2.40. The summed E-state index contributed by atoms with van der Waals surface area (Å²) in [5.74, 6) is 1.37. The van der Waals surface area contributed by atoms with E-state index in [1.165, 1.54) is 0 Å². The molecule has 0 spiro atoms. The van der Waals surface area contributed by atoms with Gasteiger partial charge in [0, 0.05) is 6.61 Å². The van der Waals surface area contributed by atoms with Crippen molar-refractivity contribution < 1.29 is 13.5 Å². The number of fused-ring (bicyclic) bond motifs is 2. The van der Waals surface area contributed by atoms with Gasteiger partial charge in [-0.05, 0) is 30.6 Å². The summed E-state index contributed by atoms with van der Waals surface area (Å²) in [5, 5.41) is 9.17. The van der Waals surface area contributed by atoms with Gasteiger partial charge in [0.25, 0.3) is 0 Å². The molecular formula is C9H16O3S. The average molecular weight is 204 g/mol. The van der Waals surface area contributed by atoms with Crippen molar-refractivity contribution >= 4 is 9.84 Å². The molecule has 1 saturated heterocycles. The van der Waals surface area contributed by atoms with Crippen LogP contribution in [0.15, 0.2) is 0 Å². The van der Waals surface area contributed by atoms with Crippen molar-refractivity contribution in [3.63, 3.8) is 0 Å². The maximum absolute atomic E-state index is 11.4. The highest BCUT2D eigenvalue weighted by atomic mass is 32.2. The smallest absolute Gasteiger partial charge is 0.150 e. The molecule has 1 heterocycles. The Labute approximate surface area is 79.1 Å². The fraction of sp³-hybridized carbons (Fsp3) is 1.00. The number of sulfone groups is 1. The molecule has 4 heteroatoms. The molecule has 2 bridgehead atoms. The third-order valence-corrected chi connectivity index (χ3v) is 5.38. The fourth-order valence-electron chi connectivity index (χ4n) is 2.89. The van der Waals surface area contributed by atoms with Crippen LogP contribution in [0.3, 0.4) is 0 Å². The Morgan fingerprint density at radius 2 is 1.69 bits per heavy atom. The van der Waals surface area contributed by atoms with Crippen LogP contribution in [-0.2, 0) is 9.84 Å².